The monoisotopic (exact) mass is 346 g/mol. The van der Waals surface area contributed by atoms with Gasteiger partial charge in [0.1, 0.15) is 0 Å². The van der Waals surface area contributed by atoms with Crippen LogP contribution in [0.2, 0.25) is 0 Å². The van der Waals surface area contributed by atoms with Gasteiger partial charge in [-0.1, -0.05) is 28.4 Å². The van der Waals surface area contributed by atoms with E-state index in [1.54, 1.807) is 0 Å². The van der Waals surface area contributed by atoms with Crippen LogP contribution in [0.4, 0.5) is 13.2 Å². The summed E-state index contributed by atoms with van der Waals surface area (Å²) in [6, 6.07) is 3.19. The summed E-state index contributed by atoms with van der Waals surface area (Å²) in [4.78, 5) is 12.4. The topological polar surface area (TPSA) is 17.1 Å². The fourth-order valence-electron chi connectivity index (χ4n) is 2.27. The van der Waals surface area contributed by atoms with Gasteiger partial charge in [0, 0.05) is 10.0 Å². The molecule has 0 atom stereocenters. The lowest BCUT2D eigenvalue weighted by Gasteiger charge is -2.11. The molecule has 1 aromatic rings. The summed E-state index contributed by atoms with van der Waals surface area (Å²) in [5.41, 5.74) is -0.0752. The Morgan fingerprint density at radius 2 is 1.90 bits per heavy atom. The number of hydrogen-bond acceptors (Lipinski definition) is 1. The molecular weight excluding hydrogens is 333 g/mol. The fourth-order valence-corrected chi connectivity index (χ4v) is 2.70. The van der Waals surface area contributed by atoms with Crippen molar-refractivity contribution in [2.45, 2.75) is 38.3 Å². The molecular formula is C15H14BrF3O. The van der Waals surface area contributed by atoms with Crippen LogP contribution < -0.4 is 0 Å². The molecule has 0 amide bonds. The number of rotatable bonds is 2. The molecule has 1 nitrogen and oxygen atoms in total. The van der Waals surface area contributed by atoms with Crippen molar-refractivity contribution < 1.29 is 18.0 Å². The molecule has 0 aliphatic heterocycles. The molecule has 0 unspecified atom stereocenters. The predicted molar refractivity (Wildman–Crippen MR) is 74.6 cm³/mol. The van der Waals surface area contributed by atoms with Gasteiger partial charge in [-0.3, -0.25) is 4.79 Å². The standard InChI is InChI=1S/C15H14BrF3O/c16-13-8-7-11(15(17,18)19)9-12(13)14(20)10-5-3-1-2-4-6-10/h5,7-9H,1-4,6H2. The minimum Gasteiger partial charge on any atom is -0.289 e. The van der Waals surface area contributed by atoms with Crippen molar-refractivity contribution in [1.29, 1.82) is 0 Å². The zero-order valence-corrected chi connectivity index (χ0v) is 12.4. The van der Waals surface area contributed by atoms with Crippen LogP contribution in [0, 0.1) is 0 Å². The first kappa shape index (κ1) is 15.3. The first-order chi connectivity index (χ1) is 9.39. The van der Waals surface area contributed by atoms with E-state index in [1.807, 2.05) is 6.08 Å². The lowest BCUT2D eigenvalue weighted by Crippen LogP contribution is -2.09. The summed E-state index contributed by atoms with van der Waals surface area (Å²) in [7, 11) is 0. The Kier molecular flexibility index (Phi) is 4.68. The Morgan fingerprint density at radius 1 is 1.15 bits per heavy atom. The molecule has 1 aromatic carbocycles. The Bertz CT molecular complexity index is 547. The summed E-state index contributed by atoms with van der Waals surface area (Å²) < 4.78 is 38.6. The third-order valence-electron chi connectivity index (χ3n) is 3.37. The van der Waals surface area contributed by atoms with E-state index in [0.29, 0.717) is 16.5 Å². The van der Waals surface area contributed by atoms with Gasteiger partial charge in [0.25, 0.3) is 0 Å². The van der Waals surface area contributed by atoms with E-state index >= 15 is 0 Å². The summed E-state index contributed by atoms with van der Waals surface area (Å²) in [6.45, 7) is 0. The molecule has 20 heavy (non-hydrogen) atoms. The van der Waals surface area contributed by atoms with Gasteiger partial charge in [-0.15, -0.1) is 0 Å². The smallest absolute Gasteiger partial charge is 0.289 e. The van der Waals surface area contributed by atoms with Crippen LogP contribution in [-0.2, 0) is 6.18 Å². The van der Waals surface area contributed by atoms with Crippen LogP contribution in [0.25, 0.3) is 0 Å². The SMILES string of the molecule is O=C(C1=CCCCCC1)c1cc(C(F)(F)F)ccc1Br. The first-order valence-electron chi connectivity index (χ1n) is 6.50. The van der Waals surface area contributed by atoms with Crippen LogP contribution in [0.5, 0.6) is 0 Å². The highest BCUT2D eigenvalue weighted by Crippen LogP contribution is 2.33. The number of ketones is 1. The highest BCUT2D eigenvalue weighted by atomic mass is 79.9. The van der Waals surface area contributed by atoms with Crippen molar-refractivity contribution in [2.75, 3.05) is 0 Å². The number of allylic oxidation sites excluding steroid dienone is 2. The molecule has 1 aliphatic rings. The number of alkyl halides is 3. The molecule has 5 heteroatoms. The van der Waals surface area contributed by atoms with Crippen molar-refractivity contribution in [3.05, 3.63) is 45.4 Å². The van der Waals surface area contributed by atoms with E-state index < -0.39 is 11.7 Å². The Labute approximate surface area is 124 Å². The van der Waals surface area contributed by atoms with E-state index in [9.17, 15) is 18.0 Å². The van der Waals surface area contributed by atoms with Gasteiger partial charge in [-0.05, 0) is 49.5 Å². The molecule has 2 rings (SSSR count). The van der Waals surface area contributed by atoms with E-state index in [1.165, 1.54) is 6.07 Å². The van der Waals surface area contributed by atoms with Gasteiger partial charge in [-0.2, -0.15) is 13.2 Å². The van der Waals surface area contributed by atoms with Gasteiger partial charge < -0.3 is 0 Å². The second kappa shape index (κ2) is 6.12. The van der Waals surface area contributed by atoms with Crippen LogP contribution in [-0.4, -0.2) is 5.78 Å². The summed E-state index contributed by atoms with van der Waals surface area (Å²) in [6.07, 6.45) is 1.88. The van der Waals surface area contributed by atoms with E-state index in [2.05, 4.69) is 15.9 Å². The van der Waals surface area contributed by atoms with Crippen molar-refractivity contribution in [1.82, 2.24) is 0 Å². The summed E-state index contributed by atoms with van der Waals surface area (Å²) in [5.74, 6) is -0.301. The van der Waals surface area contributed by atoms with Gasteiger partial charge in [0.05, 0.1) is 5.56 Å². The highest BCUT2D eigenvalue weighted by Gasteiger charge is 2.31. The minimum atomic E-state index is -4.44. The lowest BCUT2D eigenvalue weighted by atomic mass is 9.98. The Hall–Kier alpha value is -1.10. The second-order valence-corrected chi connectivity index (χ2v) is 5.70. The molecule has 0 spiro atoms. The van der Waals surface area contributed by atoms with Gasteiger partial charge in [0.2, 0.25) is 0 Å². The summed E-state index contributed by atoms with van der Waals surface area (Å²) >= 11 is 3.17. The van der Waals surface area contributed by atoms with E-state index in [0.717, 1.165) is 37.8 Å². The van der Waals surface area contributed by atoms with Crippen LogP contribution in [0.1, 0.15) is 48.0 Å². The zero-order valence-electron chi connectivity index (χ0n) is 10.8. The molecule has 0 saturated carbocycles. The average Bonchev–Trinajstić information content (AvgIpc) is 2.66. The van der Waals surface area contributed by atoms with Crippen molar-refractivity contribution >= 4 is 21.7 Å². The molecule has 0 saturated heterocycles. The molecule has 0 N–H and O–H groups in total. The number of hydrogen-bond donors (Lipinski definition) is 0. The van der Waals surface area contributed by atoms with Crippen molar-refractivity contribution in [3.63, 3.8) is 0 Å². The zero-order chi connectivity index (χ0) is 14.8. The molecule has 108 valence electrons. The average molecular weight is 347 g/mol. The maximum absolute atomic E-state index is 12.7. The summed E-state index contributed by atoms with van der Waals surface area (Å²) in [5, 5.41) is 0. The molecule has 0 fully saturated rings. The largest absolute Gasteiger partial charge is 0.416 e. The third-order valence-corrected chi connectivity index (χ3v) is 4.06. The maximum atomic E-state index is 12.7. The Morgan fingerprint density at radius 3 is 2.60 bits per heavy atom. The molecule has 1 aliphatic carbocycles. The van der Waals surface area contributed by atoms with Gasteiger partial charge in [0.15, 0.2) is 5.78 Å². The number of carbonyl (C=O) groups excluding carboxylic acids is 1. The Balaban J connectivity index is 2.36. The first-order valence-corrected chi connectivity index (χ1v) is 7.29. The van der Waals surface area contributed by atoms with Crippen LogP contribution >= 0.6 is 15.9 Å². The number of carbonyl (C=O) groups is 1. The lowest BCUT2D eigenvalue weighted by molar-refractivity contribution is -0.137. The second-order valence-electron chi connectivity index (χ2n) is 4.85. The molecule has 0 radical (unpaired) electrons. The minimum absolute atomic E-state index is 0.0907. The van der Waals surface area contributed by atoms with Gasteiger partial charge >= 0.3 is 6.18 Å². The van der Waals surface area contributed by atoms with Crippen molar-refractivity contribution in [2.24, 2.45) is 0 Å². The van der Waals surface area contributed by atoms with Crippen molar-refractivity contribution in [3.8, 4) is 0 Å². The third kappa shape index (κ3) is 3.51. The normalized spacial score (nSPS) is 16.5. The van der Waals surface area contributed by atoms with Crippen LogP contribution in [0.3, 0.4) is 0 Å². The number of benzene rings is 1. The van der Waals surface area contributed by atoms with E-state index in [-0.39, 0.29) is 11.3 Å². The highest BCUT2D eigenvalue weighted by molar-refractivity contribution is 9.10. The predicted octanol–water partition coefficient (Wildman–Crippen LogP) is 5.54. The maximum Gasteiger partial charge on any atom is 0.416 e. The fraction of sp³-hybridized carbons (Fsp3) is 0.400. The molecule has 0 heterocycles. The molecule has 0 bridgehead atoms. The van der Waals surface area contributed by atoms with Crippen LogP contribution in [0.15, 0.2) is 34.3 Å². The van der Waals surface area contributed by atoms with Gasteiger partial charge in [-0.25, -0.2) is 0 Å². The molecule has 0 aromatic heterocycles. The van der Waals surface area contributed by atoms with E-state index in [4.69, 9.17) is 0 Å². The number of halogens is 4. The quantitative estimate of drug-likeness (QED) is 0.642. The number of Topliss-reactive ketones (excluding diaryl/α,β-unsaturated/α-hetero) is 1.